The first kappa shape index (κ1) is 21.9. The minimum Gasteiger partial charge on any atom is -0.329 e. The molecule has 0 unspecified atom stereocenters. The number of benzene rings is 3. The van der Waals surface area contributed by atoms with Gasteiger partial charge in [-0.3, -0.25) is 4.79 Å². The molecule has 6 rings (SSSR count). The molecule has 6 aromatic rings. The topological polar surface area (TPSA) is 75.6 Å². The Morgan fingerprint density at radius 1 is 0.833 bits per heavy atom. The van der Waals surface area contributed by atoms with E-state index >= 15 is 0 Å². The number of imidazole rings is 1. The average molecular weight is 472 g/mol. The van der Waals surface area contributed by atoms with E-state index < -0.39 is 0 Å². The highest BCUT2D eigenvalue weighted by Crippen LogP contribution is 2.32. The molecule has 0 aliphatic heterocycles. The van der Waals surface area contributed by atoms with Crippen molar-refractivity contribution in [2.75, 3.05) is 6.54 Å². The quantitative estimate of drug-likeness (QED) is 0.306. The van der Waals surface area contributed by atoms with Crippen LogP contribution in [0.5, 0.6) is 0 Å². The van der Waals surface area contributed by atoms with Gasteiger partial charge in [0.15, 0.2) is 0 Å². The van der Waals surface area contributed by atoms with Crippen LogP contribution in [-0.2, 0) is 13.1 Å². The summed E-state index contributed by atoms with van der Waals surface area (Å²) >= 11 is 0. The number of aromatic nitrogens is 4. The monoisotopic (exact) mass is 471 g/mol. The summed E-state index contributed by atoms with van der Waals surface area (Å²) in [6, 6.07) is 30.5. The van der Waals surface area contributed by atoms with Crippen LogP contribution in [0.25, 0.3) is 44.3 Å². The number of pyridine rings is 2. The molecule has 0 fully saturated rings. The van der Waals surface area contributed by atoms with Crippen LogP contribution < -0.4 is 10.9 Å². The molecule has 2 N–H and O–H groups in total. The van der Waals surface area contributed by atoms with Crippen LogP contribution >= 0.6 is 0 Å². The Bertz CT molecular complexity index is 1700. The first-order chi connectivity index (χ1) is 17.8. The van der Waals surface area contributed by atoms with Crippen LogP contribution in [0.2, 0.25) is 0 Å². The summed E-state index contributed by atoms with van der Waals surface area (Å²) in [6.07, 6.45) is 3.54. The Morgan fingerprint density at radius 3 is 2.50 bits per heavy atom. The van der Waals surface area contributed by atoms with Gasteiger partial charge in [-0.1, -0.05) is 66.7 Å². The minimum absolute atomic E-state index is 0.131. The van der Waals surface area contributed by atoms with Gasteiger partial charge in [0.25, 0.3) is 5.56 Å². The van der Waals surface area contributed by atoms with Gasteiger partial charge in [-0.2, -0.15) is 0 Å². The van der Waals surface area contributed by atoms with Gasteiger partial charge < -0.3 is 14.9 Å². The van der Waals surface area contributed by atoms with Crippen molar-refractivity contribution >= 4 is 21.9 Å². The highest BCUT2D eigenvalue weighted by atomic mass is 16.1. The van der Waals surface area contributed by atoms with Gasteiger partial charge in [0.1, 0.15) is 0 Å². The molecule has 36 heavy (non-hydrogen) atoms. The molecule has 0 bridgehead atoms. The molecule has 0 aliphatic carbocycles. The Kier molecular flexibility index (Phi) is 5.85. The van der Waals surface area contributed by atoms with E-state index in [9.17, 15) is 4.79 Å². The molecule has 6 heteroatoms. The van der Waals surface area contributed by atoms with E-state index in [1.165, 1.54) is 5.56 Å². The lowest BCUT2D eigenvalue weighted by atomic mass is 9.97. The van der Waals surface area contributed by atoms with Gasteiger partial charge in [-0.25, -0.2) is 9.97 Å². The predicted octanol–water partition coefficient (Wildman–Crippen LogP) is 5.40. The number of aromatic amines is 1. The van der Waals surface area contributed by atoms with Crippen LogP contribution in [-0.4, -0.2) is 26.1 Å². The third-order valence-electron chi connectivity index (χ3n) is 6.45. The molecule has 3 heterocycles. The number of nitrogens with zero attached hydrogens (tertiary/aromatic N) is 3. The number of hydrogen-bond acceptors (Lipinski definition) is 4. The van der Waals surface area contributed by atoms with Crippen molar-refractivity contribution in [3.63, 3.8) is 0 Å². The predicted molar refractivity (Wildman–Crippen MR) is 145 cm³/mol. The summed E-state index contributed by atoms with van der Waals surface area (Å²) < 4.78 is 2.17. The van der Waals surface area contributed by atoms with Crippen molar-refractivity contribution < 1.29 is 0 Å². The third kappa shape index (κ3) is 4.30. The molecule has 0 aliphatic rings. The molecule has 0 spiro atoms. The van der Waals surface area contributed by atoms with Crippen LogP contribution in [0, 0.1) is 0 Å². The molecule has 176 valence electrons. The van der Waals surface area contributed by atoms with Crippen LogP contribution in [0.4, 0.5) is 0 Å². The smallest absolute Gasteiger partial charge is 0.257 e. The van der Waals surface area contributed by atoms with E-state index in [2.05, 4.69) is 50.2 Å². The summed E-state index contributed by atoms with van der Waals surface area (Å²) in [7, 11) is 0. The van der Waals surface area contributed by atoms with E-state index in [1.807, 2.05) is 67.0 Å². The fourth-order valence-corrected chi connectivity index (χ4v) is 4.57. The summed E-state index contributed by atoms with van der Waals surface area (Å²) in [6.45, 7) is 2.49. The van der Waals surface area contributed by atoms with E-state index in [1.54, 1.807) is 6.20 Å². The first-order valence-corrected chi connectivity index (χ1v) is 12.0. The number of fused-ring (bicyclic) bond motifs is 2. The highest BCUT2D eigenvalue weighted by molar-refractivity contribution is 5.91. The van der Waals surface area contributed by atoms with Gasteiger partial charge in [0, 0.05) is 37.0 Å². The van der Waals surface area contributed by atoms with Crippen molar-refractivity contribution in [1.29, 1.82) is 0 Å². The number of rotatable bonds is 7. The molecule has 3 aromatic heterocycles. The second kappa shape index (κ2) is 9.60. The van der Waals surface area contributed by atoms with Crippen LogP contribution in [0.15, 0.2) is 108 Å². The second-order valence-electron chi connectivity index (χ2n) is 8.79. The zero-order chi connectivity index (χ0) is 24.3. The standard InChI is InChI=1S/C30H25N5O/c36-30-25-18-24(22-6-2-1-3-7-22)29(34-26(25)14-15-32-30)23-12-10-21(11-13-23)19-31-16-17-35-20-33-27-8-4-5-9-28(27)35/h1-15,18,20,31H,16-17,19H2,(H,32,36). The SMILES string of the molecule is O=c1[nH]ccc2nc(-c3ccc(CNCCn4cnc5ccccc54)cc3)c(-c3ccccc3)cc12. The first-order valence-electron chi connectivity index (χ1n) is 12.0. The molecular formula is C30H25N5O. The maximum atomic E-state index is 12.4. The Hall–Kier alpha value is -4.55. The Balaban J connectivity index is 1.21. The summed E-state index contributed by atoms with van der Waals surface area (Å²) in [5, 5.41) is 4.12. The summed E-state index contributed by atoms with van der Waals surface area (Å²) in [5.41, 5.74) is 7.79. The largest absolute Gasteiger partial charge is 0.329 e. The molecule has 6 nitrogen and oxygen atoms in total. The molecule has 0 radical (unpaired) electrons. The molecule has 3 aromatic carbocycles. The number of para-hydroxylation sites is 2. The number of nitrogens with one attached hydrogen (secondary N) is 2. The summed E-state index contributed by atoms with van der Waals surface area (Å²) in [5.74, 6) is 0. The molecule has 0 saturated heterocycles. The van der Waals surface area contributed by atoms with Gasteiger partial charge in [0.05, 0.1) is 34.0 Å². The lowest BCUT2D eigenvalue weighted by molar-refractivity contribution is 0.607. The zero-order valence-electron chi connectivity index (χ0n) is 19.7. The van der Waals surface area contributed by atoms with Crippen molar-refractivity contribution in [3.05, 3.63) is 119 Å². The molecule has 0 amide bonds. The minimum atomic E-state index is -0.131. The highest BCUT2D eigenvalue weighted by Gasteiger charge is 2.13. The van der Waals surface area contributed by atoms with Gasteiger partial charge in [-0.05, 0) is 35.4 Å². The van der Waals surface area contributed by atoms with E-state index in [4.69, 9.17) is 4.98 Å². The maximum Gasteiger partial charge on any atom is 0.257 e. The van der Waals surface area contributed by atoms with Crippen LogP contribution in [0.1, 0.15) is 5.56 Å². The van der Waals surface area contributed by atoms with Crippen molar-refractivity contribution in [2.45, 2.75) is 13.1 Å². The Morgan fingerprint density at radius 2 is 1.64 bits per heavy atom. The van der Waals surface area contributed by atoms with Gasteiger partial charge in [-0.15, -0.1) is 0 Å². The van der Waals surface area contributed by atoms with E-state index in [0.29, 0.717) is 10.9 Å². The van der Waals surface area contributed by atoms with Gasteiger partial charge >= 0.3 is 0 Å². The van der Waals surface area contributed by atoms with E-state index in [-0.39, 0.29) is 5.56 Å². The van der Waals surface area contributed by atoms with Gasteiger partial charge in [0.2, 0.25) is 0 Å². The number of H-pyrrole nitrogens is 1. The molecule has 0 saturated carbocycles. The second-order valence-corrected chi connectivity index (χ2v) is 8.79. The van der Waals surface area contributed by atoms with E-state index in [0.717, 1.165) is 53.1 Å². The summed E-state index contributed by atoms with van der Waals surface area (Å²) in [4.78, 5) is 24.5. The Labute approximate surface area is 208 Å². The number of hydrogen-bond donors (Lipinski definition) is 2. The maximum absolute atomic E-state index is 12.4. The van der Waals surface area contributed by atoms with Crippen LogP contribution in [0.3, 0.4) is 0 Å². The normalized spacial score (nSPS) is 11.3. The average Bonchev–Trinajstić information content (AvgIpc) is 3.35. The van der Waals surface area contributed by atoms with Crippen molar-refractivity contribution in [2.24, 2.45) is 0 Å². The van der Waals surface area contributed by atoms with Crippen molar-refractivity contribution in [3.8, 4) is 22.4 Å². The fourth-order valence-electron chi connectivity index (χ4n) is 4.57. The van der Waals surface area contributed by atoms with Crippen molar-refractivity contribution in [1.82, 2.24) is 24.8 Å². The zero-order valence-corrected chi connectivity index (χ0v) is 19.7. The molecule has 0 atom stereocenters. The third-order valence-corrected chi connectivity index (χ3v) is 6.45. The fraction of sp³-hybridized carbons (Fsp3) is 0.100. The molecular weight excluding hydrogens is 446 g/mol. The lowest BCUT2D eigenvalue weighted by Crippen LogP contribution is -2.19. The lowest BCUT2D eigenvalue weighted by Gasteiger charge is -2.12.